The number of rotatable bonds is 11. The van der Waals surface area contributed by atoms with E-state index in [0.29, 0.717) is 34.5 Å². The summed E-state index contributed by atoms with van der Waals surface area (Å²) >= 11 is 1.29. The monoisotopic (exact) mass is 485 g/mol. The van der Waals surface area contributed by atoms with Crippen LogP contribution in [0.25, 0.3) is 11.4 Å². The molecule has 1 N–H and O–H groups in total. The lowest BCUT2D eigenvalue weighted by Gasteiger charge is -2.13. The Balaban J connectivity index is 1.63. The Kier molecular flexibility index (Phi) is 8.74. The number of carbonyl (C=O) groups excluding carboxylic acids is 1. The fourth-order valence-electron chi connectivity index (χ4n) is 3.20. The third kappa shape index (κ3) is 5.60. The molecule has 10 nitrogen and oxygen atoms in total. The summed E-state index contributed by atoms with van der Waals surface area (Å²) in [5.41, 5.74) is 4.06. The standard InChI is InChI=1S/C23H27N5O5S/c1-6-28-22(15-7-10-17(30-2)11-8-15)26-27-23(28)34-14-19(29)25-24-13-16-9-12-18(31-3)21(33-5)20(16)32-4/h7-13H,6,14H2,1-5H3,(H,25,29)/b24-13+. The Bertz CT molecular complexity index is 1150. The molecule has 1 aromatic heterocycles. The van der Waals surface area contributed by atoms with E-state index in [-0.39, 0.29) is 11.7 Å². The first-order valence-corrected chi connectivity index (χ1v) is 11.4. The third-order valence-corrected chi connectivity index (χ3v) is 5.81. The second-order valence-corrected chi connectivity index (χ2v) is 7.73. The normalized spacial score (nSPS) is 10.9. The van der Waals surface area contributed by atoms with E-state index in [1.54, 1.807) is 26.4 Å². The number of hydrogen-bond donors (Lipinski definition) is 1. The number of aromatic nitrogens is 3. The van der Waals surface area contributed by atoms with Gasteiger partial charge in [0.05, 0.1) is 40.4 Å². The van der Waals surface area contributed by atoms with Gasteiger partial charge in [-0.1, -0.05) is 11.8 Å². The number of benzene rings is 2. The summed E-state index contributed by atoms with van der Waals surface area (Å²) in [5.74, 6) is 2.78. The van der Waals surface area contributed by atoms with Crippen LogP contribution in [-0.4, -0.2) is 61.1 Å². The molecule has 1 heterocycles. The highest BCUT2D eigenvalue weighted by molar-refractivity contribution is 7.99. The minimum atomic E-state index is -0.280. The molecule has 0 saturated heterocycles. The quantitative estimate of drug-likeness (QED) is 0.250. The van der Waals surface area contributed by atoms with E-state index in [4.69, 9.17) is 18.9 Å². The Morgan fingerprint density at radius 2 is 1.74 bits per heavy atom. The molecule has 180 valence electrons. The number of hydrogen-bond acceptors (Lipinski definition) is 9. The van der Waals surface area contributed by atoms with Crippen molar-refractivity contribution in [1.29, 1.82) is 0 Å². The van der Waals surface area contributed by atoms with E-state index in [0.717, 1.165) is 17.1 Å². The largest absolute Gasteiger partial charge is 0.497 e. The average molecular weight is 486 g/mol. The molecule has 0 fully saturated rings. The van der Waals surface area contributed by atoms with Gasteiger partial charge in [-0.15, -0.1) is 10.2 Å². The zero-order valence-corrected chi connectivity index (χ0v) is 20.5. The molecule has 0 saturated carbocycles. The minimum absolute atomic E-state index is 0.126. The van der Waals surface area contributed by atoms with Crippen LogP contribution in [0.5, 0.6) is 23.0 Å². The fourth-order valence-corrected chi connectivity index (χ4v) is 3.99. The molecule has 34 heavy (non-hydrogen) atoms. The smallest absolute Gasteiger partial charge is 0.250 e. The van der Waals surface area contributed by atoms with E-state index >= 15 is 0 Å². The lowest BCUT2D eigenvalue weighted by atomic mass is 10.2. The van der Waals surface area contributed by atoms with E-state index in [1.807, 2.05) is 35.8 Å². The molecular formula is C23H27N5O5S. The van der Waals surface area contributed by atoms with Gasteiger partial charge in [-0.3, -0.25) is 4.79 Å². The molecule has 0 unspecified atom stereocenters. The molecule has 0 spiro atoms. The van der Waals surface area contributed by atoms with Gasteiger partial charge in [0.25, 0.3) is 5.91 Å². The van der Waals surface area contributed by atoms with Crippen molar-refractivity contribution >= 4 is 23.9 Å². The van der Waals surface area contributed by atoms with Crippen LogP contribution in [0.1, 0.15) is 12.5 Å². The summed E-state index contributed by atoms with van der Waals surface area (Å²) in [7, 11) is 6.21. The first kappa shape index (κ1) is 24.9. The van der Waals surface area contributed by atoms with Gasteiger partial charge in [0.15, 0.2) is 22.5 Å². The number of hydrazone groups is 1. The Morgan fingerprint density at radius 1 is 1.00 bits per heavy atom. The average Bonchev–Trinajstić information content (AvgIpc) is 3.29. The zero-order valence-electron chi connectivity index (χ0n) is 19.7. The van der Waals surface area contributed by atoms with Crippen LogP contribution in [-0.2, 0) is 11.3 Å². The van der Waals surface area contributed by atoms with Crippen molar-refractivity contribution in [3.63, 3.8) is 0 Å². The summed E-state index contributed by atoms with van der Waals surface area (Å²) in [6, 6.07) is 11.1. The van der Waals surface area contributed by atoms with Crippen molar-refractivity contribution in [2.45, 2.75) is 18.6 Å². The van der Waals surface area contributed by atoms with Gasteiger partial charge in [0, 0.05) is 17.7 Å². The highest BCUT2D eigenvalue weighted by atomic mass is 32.2. The number of nitrogens with one attached hydrogen (secondary N) is 1. The van der Waals surface area contributed by atoms with Crippen LogP contribution < -0.4 is 24.4 Å². The summed E-state index contributed by atoms with van der Waals surface area (Å²) < 4.78 is 23.2. The highest BCUT2D eigenvalue weighted by Crippen LogP contribution is 2.39. The molecule has 1 amide bonds. The first-order valence-electron chi connectivity index (χ1n) is 10.4. The van der Waals surface area contributed by atoms with Crippen molar-refractivity contribution in [2.24, 2.45) is 5.10 Å². The van der Waals surface area contributed by atoms with E-state index in [9.17, 15) is 4.79 Å². The van der Waals surface area contributed by atoms with Gasteiger partial charge in [0.1, 0.15) is 5.75 Å². The van der Waals surface area contributed by atoms with Gasteiger partial charge in [-0.25, -0.2) is 5.43 Å². The number of methoxy groups -OCH3 is 4. The van der Waals surface area contributed by atoms with Gasteiger partial charge >= 0.3 is 0 Å². The summed E-state index contributed by atoms with van der Waals surface area (Å²) in [4.78, 5) is 12.3. The molecule has 3 aromatic rings. The van der Waals surface area contributed by atoms with E-state index in [2.05, 4.69) is 20.7 Å². The maximum atomic E-state index is 12.3. The highest BCUT2D eigenvalue weighted by Gasteiger charge is 2.16. The summed E-state index contributed by atoms with van der Waals surface area (Å²) in [6.45, 7) is 2.66. The van der Waals surface area contributed by atoms with E-state index in [1.165, 1.54) is 32.2 Å². The number of carbonyl (C=O) groups is 1. The lowest BCUT2D eigenvalue weighted by Crippen LogP contribution is -2.20. The predicted octanol–water partition coefficient (Wildman–Crippen LogP) is 3.24. The minimum Gasteiger partial charge on any atom is -0.497 e. The second kappa shape index (κ2) is 11.9. The number of thioether (sulfide) groups is 1. The van der Waals surface area contributed by atoms with Gasteiger partial charge in [0.2, 0.25) is 5.75 Å². The van der Waals surface area contributed by atoms with E-state index < -0.39 is 0 Å². The first-order chi connectivity index (χ1) is 16.6. The molecule has 0 radical (unpaired) electrons. The van der Waals surface area contributed by atoms with Crippen molar-refractivity contribution in [1.82, 2.24) is 20.2 Å². The number of nitrogens with zero attached hydrogens (tertiary/aromatic N) is 4. The zero-order chi connectivity index (χ0) is 24.5. The Morgan fingerprint density at radius 3 is 2.35 bits per heavy atom. The Labute approximate surface area is 202 Å². The van der Waals surface area contributed by atoms with Gasteiger partial charge < -0.3 is 23.5 Å². The predicted molar refractivity (Wildman–Crippen MR) is 130 cm³/mol. The molecule has 2 aromatic carbocycles. The molecule has 3 rings (SSSR count). The van der Waals surface area contributed by atoms with Crippen LogP contribution in [0, 0.1) is 0 Å². The van der Waals surface area contributed by atoms with Crippen molar-refractivity contribution in [3.8, 4) is 34.4 Å². The lowest BCUT2D eigenvalue weighted by molar-refractivity contribution is -0.118. The topological polar surface area (TPSA) is 109 Å². The van der Waals surface area contributed by atoms with Crippen LogP contribution in [0.4, 0.5) is 0 Å². The molecule has 0 aliphatic rings. The van der Waals surface area contributed by atoms with Crippen LogP contribution >= 0.6 is 11.8 Å². The summed E-state index contributed by atoms with van der Waals surface area (Å²) in [5, 5.41) is 13.2. The second-order valence-electron chi connectivity index (χ2n) is 6.78. The van der Waals surface area contributed by atoms with Crippen LogP contribution in [0.3, 0.4) is 0 Å². The maximum absolute atomic E-state index is 12.3. The third-order valence-electron chi connectivity index (χ3n) is 4.84. The molecule has 0 atom stereocenters. The van der Waals surface area contributed by atoms with Crippen molar-refractivity contribution in [3.05, 3.63) is 42.0 Å². The summed E-state index contributed by atoms with van der Waals surface area (Å²) in [6.07, 6.45) is 1.49. The SMILES string of the molecule is CCn1c(SCC(=O)N/N=C/c2ccc(OC)c(OC)c2OC)nnc1-c1ccc(OC)cc1. The van der Waals surface area contributed by atoms with Gasteiger partial charge in [-0.05, 0) is 43.3 Å². The number of amides is 1. The Hall–Kier alpha value is -3.73. The molecule has 0 aliphatic carbocycles. The fraction of sp³-hybridized carbons (Fsp3) is 0.304. The van der Waals surface area contributed by atoms with Crippen LogP contribution in [0.2, 0.25) is 0 Å². The van der Waals surface area contributed by atoms with Crippen molar-refractivity contribution < 1.29 is 23.7 Å². The molecule has 11 heteroatoms. The maximum Gasteiger partial charge on any atom is 0.250 e. The van der Waals surface area contributed by atoms with Crippen molar-refractivity contribution in [2.75, 3.05) is 34.2 Å². The van der Waals surface area contributed by atoms with Crippen LogP contribution in [0.15, 0.2) is 46.7 Å². The number of ether oxygens (including phenoxy) is 4. The van der Waals surface area contributed by atoms with Gasteiger partial charge in [-0.2, -0.15) is 5.10 Å². The molecule has 0 bridgehead atoms. The molecular weight excluding hydrogens is 458 g/mol. The molecule has 0 aliphatic heterocycles.